The quantitative estimate of drug-likeness (QED) is 0.304. The zero-order chi connectivity index (χ0) is 22.7. The van der Waals surface area contributed by atoms with Gasteiger partial charge in [0.1, 0.15) is 17.3 Å². The van der Waals surface area contributed by atoms with Gasteiger partial charge >= 0.3 is 6.08 Å². The van der Waals surface area contributed by atoms with Crippen molar-refractivity contribution in [1.29, 1.82) is 0 Å². The molecule has 32 heavy (non-hydrogen) atoms. The molecule has 0 spiro atoms. The summed E-state index contributed by atoms with van der Waals surface area (Å²) >= 11 is 0. The van der Waals surface area contributed by atoms with Crippen molar-refractivity contribution in [1.82, 2.24) is 24.8 Å². The summed E-state index contributed by atoms with van der Waals surface area (Å²) in [6.45, 7) is 6.42. The second-order valence-corrected chi connectivity index (χ2v) is 8.00. The number of nitrogen functional groups attached to an aromatic ring is 1. The first-order valence-corrected chi connectivity index (χ1v) is 10.6. The largest absolute Gasteiger partial charge is 0.497 e. The molecule has 9 heteroatoms. The van der Waals surface area contributed by atoms with Gasteiger partial charge < -0.3 is 24.8 Å². The molecule has 4 aromatic rings. The maximum absolute atomic E-state index is 14.0. The third-order valence-electron chi connectivity index (χ3n) is 5.19. The van der Waals surface area contributed by atoms with E-state index in [9.17, 15) is 4.39 Å². The van der Waals surface area contributed by atoms with Gasteiger partial charge in [-0.3, -0.25) is 0 Å². The van der Waals surface area contributed by atoms with E-state index in [4.69, 9.17) is 14.9 Å². The van der Waals surface area contributed by atoms with Crippen molar-refractivity contribution in [2.24, 2.45) is 5.92 Å². The van der Waals surface area contributed by atoms with Crippen LogP contribution in [0.15, 0.2) is 41.0 Å². The van der Waals surface area contributed by atoms with Crippen LogP contribution in [0, 0.1) is 12.0 Å². The van der Waals surface area contributed by atoms with Crippen LogP contribution in [-0.4, -0.2) is 39.7 Å². The van der Waals surface area contributed by atoms with Crippen LogP contribution < -0.4 is 15.8 Å². The van der Waals surface area contributed by atoms with Crippen molar-refractivity contribution in [2.45, 2.75) is 26.8 Å². The number of halogens is 1. The van der Waals surface area contributed by atoms with Crippen molar-refractivity contribution in [3.05, 3.63) is 54.1 Å². The zero-order valence-corrected chi connectivity index (χ0v) is 18.4. The molecule has 3 N–H and O–H groups in total. The minimum atomic E-state index is -0.865. The fourth-order valence-electron chi connectivity index (χ4n) is 3.68. The van der Waals surface area contributed by atoms with Gasteiger partial charge in [-0.05, 0) is 48.4 Å². The predicted molar refractivity (Wildman–Crippen MR) is 121 cm³/mol. The molecule has 4 rings (SSSR count). The Bertz CT molecular complexity index is 1200. The Morgan fingerprint density at radius 2 is 2.06 bits per heavy atom. The molecule has 0 bridgehead atoms. The van der Waals surface area contributed by atoms with Crippen molar-refractivity contribution in [3.8, 4) is 17.1 Å². The van der Waals surface area contributed by atoms with E-state index in [0.29, 0.717) is 42.4 Å². The van der Waals surface area contributed by atoms with Crippen LogP contribution in [-0.2, 0) is 13.0 Å². The molecule has 0 unspecified atom stereocenters. The lowest BCUT2D eigenvalue weighted by atomic mass is 10.0. The molecule has 0 saturated carbocycles. The summed E-state index contributed by atoms with van der Waals surface area (Å²) in [5.41, 5.74) is 8.63. The Labute approximate surface area is 185 Å². The monoisotopic (exact) mass is 438 g/mol. The molecule has 0 aliphatic carbocycles. The van der Waals surface area contributed by atoms with E-state index in [1.807, 2.05) is 34.9 Å². The molecule has 0 atom stereocenters. The fourth-order valence-corrected chi connectivity index (χ4v) is 3.68. The summed E-state index contributed by atoms with van der Waals surface area (Å²) < 4.78 is 26.9. The zero-order valence-electron chi connectivity index (χ0n) is 18.4. The Hall–Kier alpha value is -3.46. The first kappa shape index (κ1) is 21.8. The summed E-state index contributed by atoms with van der Waals surface area (Å²) in [6, 6.07) is 9.55. The van der Waals surface area contributed by atoms with Gasteiger partial charge in [-0.25, -0.2) is 4.98 Å². The molecular weight excluding hydrogens is 411 g/mol. The lowest BCUT2D eigenvalue weighted by Crippen LogP contribution is -2.25. The van der Waals surface area contributed by atoms with E-state index >= 15 is 0 Å². The van der Waals surface area contributed by atoms with Gasteiger partial charge in [0.05, 0.1) is 13.4 Å². The second kappa shape index (κ2) is 9.35. The molecule has 168 valence electrons. The van der Waals surface area contributed by atoms with Crippen molar-refractivity contribution < 1.29 is 13.5 Å². The summed E-state index contributed by atoms with van der Waals surface area (Å²) in [6.07, 6.45) is 1.22. The van der Waals surface area contributed by atoms with Crippen molar-refractivity contribution in [3.63, 3.8) is 0 Å². The molecule has 0 amide bonds. The number of nitrogens with two attached hydrogens (primary N) is 1. The number of methoxy groups -OCH3 is 1. The highest BCUT2D eigenvalue weighted by Gasteiger charge is 2.19. The second-order valence-electron chi connectivity index (χ2n) is 8.00. The standard InChI is InChI=1S/C23H27FN6O2/c1-14(2)13-26-8-9-30-19(27-20-21(25)28-23(24)29-22(20)30)12-15-11-16(31-3)6-7-17(15)18-5-4-10-32-18/h4-7,10-11,14,26H,8-9,12-13H2,1-3H3,(H2,25,28,29). The number of rotatable bonds is 9. The van der Waals surface area contributed by atoms with E-state index < -0.39 is 6.08 Å². The fraction of sp³-hybridized carbons (Fsp3) is 0.348. The smallest absolute Gasteiger partial charge is 0.312 e. The maximum Gasteiger partial charge on any atom is 0.312 e. The molecule has 1 aromatic carbocycles. The Balaban J connectivity index is 1.75. The van der Waals surface area contributed by atoms with Gasteiger partial charge in [-0.2, -0.15) is 14.4 Å². The lowest BCUT2D eigenvalue weighted by molar-refractivity contribution is 0.414. The van der Waals surface area contributed by atoms with Gasteiger partial charge in [-0.1, -0.05) is 13.8 Å². The molecule has 0 aliphatic rings. The molecule has 0 saturated heterocycles. The van der Waals surface area contributed by atoms with Crippen LogP contribution >= 0.6 is 0 Å². The topological polar surface area (TPSA) is 104 Å². The van der Waals surface area contributed by atoms with Crippen LogP contribution in [0.2, 0.25) is 0 Å². The summed E-state index contributed by atoms with van der Waals surface area (Å²) in [5.74, 6) is 2.73. The third kappa shape index (κ3) is 4.57. The lowest BCUT2D eigenvalue weighted by Gasteiger charge is -2.13. The molecule has 0 fully saturated rings. The molecule has 0 radical (unpaired) electrons. The number of benzene rings is 1. The molecule has 0 aliphatic heterocycles. The highest BCUT2D eigenvalue weighted by atomic mass is 19.1. The number of fused-ring (bicyclic) bond motifs is 1. The van der Waals surface area contributed by atoms with Gasteiger partial charge in [0, 0.05) is 25.1 Å². The first-order valence-electron chi connectivity index (χ1n) is 10.6. The van der Waals surface area contributed by atoms with Crippen LogP contribution in [0.5, 0.6) is 5.75 Å². The number of ether oxygens (including phenoxy) is 1. The number of nitrogens with one attached hydrogen (secondary N) is 1. The number of nitrogens with zero attached hydrogens (tertiary/aromatic N) is 4. The maximum atomic E-state index is 14.0. The average molecular weight is 439 g/mol. The molecule has 3 aromatic heterocycles. The Morgan fingerprint density at radius 1 is 1.22 bits per heavy atom. The predicted octanol–water partition coefficient (Wildman–Crippen LogP) is 3.65. The van der Waals surface area contributed by atoms with E-state index in [-0.39, 0.29) is 5.82 Å². The van der Waals surface area contributed by atoms with Crippen LogP contribution in [0.1, 0.15) is 25.2 Å². The average Bonchev–Trinajstić information content (AvgIpc) is 3.40. The van der Waals surface area contributed by atoms with Crippen LogP contribution in [0.25, 0.3) is 22.5 Å². The van der Waals surface area contributed by atoms with Crippen LogP contribution in [0.3, 0.4) is 0 Å². The Morgan fingerprint density at radius 3 is 2.78 bits per heavy atom. The number of aromatic nitrogens is 4. The number of furan rings is 1. The first-order chi connectivity index (χ1) is 15.5. The minimum Gasteiger partial charge on any atom is -0.497 e. The van der Waals surface area contributed by atoms with Crippen molar-refractivity contribution in [2.75, 3.05) is 25.9 Å². The van der Waals surface area contributed by atoms with E-state index in [2.05, 4.69) is 34.1 Å². The normalized spacial score (nSPS) is 11.5. The summed E-state index contributed by atoms with van der Waals surface area (Å²) in [4.78, 5) is 12.3. The molecule has 3 heterocycles. The Kier molecular flexibility index (Phi) is 6.36. The van der Waals surface area contributed by atoms with E-state index in [1.54, 1.807) is 13.4 Å². The SMILES string of the molecule is COc1ccc(-c2ccco2)c(Cc2nc3c(N)nc(F)nc3n2CCNCC(C)C)c1. The minimum absolute atomic E-state index is 0.0274. The third-order valence-corrected chi connectivity index (χ3v) is 5.19. The van der Waals surface area contributed by atoms with Gasteiger partial charge in [0.25, 0.3) is 0 Å². The van der Waals surface area contributed by atoms with E-state index in [0.717, 1.165) is 29.2 Å². The summed E-state index contributed by atoms with van der Waals surface area (Å²) in [7, 11) is 1.63. The van der Waals surface area contributed by atoms with Gasteiger partial charge in [-0.15, -0.1) is 0 Å². The van der Waals surface area contributed by atoms with Gasteiger partial charge in [0.15, 0.2) is 17.0 Å². The van der Waals surface area contributed by atoms with Gasteiger partial charge in [0.2, 0.25) is 0 Å². The molecule has 8 nitrogen and oxygen atoms in total. The molecular formula is C23H27FN6O2. The van der Waals surface area contributed by atoms with Crippen molar-refractivity contribution >= 4 is 17.0 Å². The number of hydrogen-bond acceptors (Lipinski definition) is 7. The summed E-state index contributed by atoms with van der Waals surface area (Å²) in [5, 5.41) is 3.41. The van der Waals surface area contributed by atoms with Crippen LogP contribution in [0.4, 0.5) is 10.2 Å². The number of hydrogen-bond donors (Lipinski definition) is 2. The number of anilines is 1. The van der Waals surface area contributed by atoms with E-state index in [1.165, 1.54) is 0 Å². The number of imidazole rings is 1. The highest BCUT2D eigenvalue weighted by molar-refractivity contribution is 5.82. The highest BCUT2D eigenvalue weighted by Crippen LogP contribution is 2.30.